The SMILES string of the molecule is COc1ccc2c(c1)C(=O)N(C[C@@]1(C#Cc3csc(C)n3)NC(=O)NC1=O)C2. The van der Waals surface area contributed by atoms with Crippen molar-refractivity contribution in [1.82, 2.24) is 20.5 Å². The van der Waals surface area contributed by atoms with Gasteiger partial charge < -0.3 is 15.0 Å². The summed E-state index contributed by atoms with van der Waals surface area (Å²) in [6.07, 6.45) is 0. The van der Waals surface area contributed by atoms with Crippen LogP contribution in [0.5, 0.6) is 5.75 Å². The number of hydrogen-bond donors (Lipinski definition) is 2. The number of rotatable bonds is 3. The first-order valence-corrected chi connectivity index (χ1v) is 9.33. The number of amides is 4. The van der Waals surface area contributed by atoms with Crippen molar-refractivity contribution in [1.29, 1.82) is 0 Å². The van der Waals surface area contributed by atoms with Gasteiger partial charge in [0, 0.05) is 17.5 Å². The third-order valence-corrected chi connectivity index (χ3v) is 5.36. The van der Waals surface area contributed by atoms with E-state index in [2.05, 4.69) is 27.5 Å². The molecule has 2 N–H and O–H groups in total. The first kappa shape index (κ1) is 18.0. The number of hydrogen-bond acceptors (Lipinski definition) is 6. The minimum absolute atomic E-state index is 0.0729. The standard InChI is InChI=1S/C19H16N4O4S/c1-11-20-13(9-28-11)5-6-19(17(25)21-18(26)22-19)10-23-8-12-3-4-14(27-2)7-15(12)16(23)24/h3-4,7,9H,8,10H2,1-2H3,(H2,21,22,25,26)/t19-/m1/s1. The Bertz CT molecular complexity index is 1070. The molecule has 9 heteroatoms. The van der Waals surface area contributed by atoms with E-state index in [9.17, 15) is 14.4 Å². The predicted octanol–water partition coefficient (Wildman–Crippen LogP) is 1.05. The summed E-state index contributed by atoms with van der Waals surface area (Å²) in [6, 6.07) is 4.62. The van der Waals surface area contributed by atoms with Gasteiger partial charge >= 0.3 is 6.03 Å². The second-order valence-corrected chi connectivity index (χ2v) is 7.56. The lowest BCUT2D eigenvalue weighted by atomic mass is 9.99. The zero-order chi connectivity index (χ0) is 19.9. The number of fused-ring (bicyclic) bond motifs is 1. The molecule has 1 atom stereocenters. The van der Waals surface area contributed by atoms with Gasteiger partial charge in [0.1, 0.15) is 11.4 Å². The molecule has 0 aliphatic carbocycles. The molecule has 0 unspecified atom stereocenters. The molecule has 28 heavy (non-hydrogen) atoms. The van der Waals surface area contributed by atoms with Gasteiger partial charge in [-0.3, -0.25) is 14.9 Å². The Labute approximate surface area is 164 Å². The second-order valence-electron chi connectivity index (χ2n) is 6.50. The van der Waals surface area contributed by atoms with Gasteiger partial charge in [0.25, 0.3) is 11.8 Å². The fraction of sp³-hybridized carbons (Fsp3) is 0.263. The molecule has 1 aromatic carbocycles. The summed E-state index contributed by atoms with van der Waals surface area (Å²) in [4.78, 5) is 42.9. The number of benzene rings is 1. The number of urea groups is 1. The van der Waals surface area contributed by atoms with Crippen molar-refractivity contribution in [2.75, 3.05) is 13.7 Å². The average molecular weight is 396 g/mol. The topological polar surface area (TPSA) is 101 Å². The molecule has 3 heterocycles. The number of nitrogens with zero attached hydrogens (tertiary/aromatic N) is 2. The van der Waals surface area contributed by atoms with Crippen molar-refractivity contribution >= 4 is 29.2 Å². The first-order chi connectivity index (χ1) is 13.4. The molecule has 2 aliphatic heterocycles. The molecule has 0 saturated carbocycles. The summed E-state index contributed by atoms with van der Waals surface area (Å²) in [5.74, 6) is 5.43. The van der Waals surface area contributed by atoms with Crippen LogP contribution in [-0.4, -0.2) is 46.9 Å². The quantitative estimate of drug-likeness (QED) is 0.597. The molecule has 4 amide bonds. The fourth-order valence-electron chi connectivity index (χ4n) is 3.20. The molecule has 0 radical (unpaired) electrons. The maximum absolute atomic E-state index is 12.8. The number of carbonyl (C=O) groups is 3. The lowest BCUT2D eigenvalue weighted by Gasteiger charge is -2.26. The van der Waals surface area contributed by atoms with E-state index in [1.54, 1.807) is 17.5 Å². The molecule has 0 bridgehead atoms. The summed E-state index contributed by atoms with van der Waals surface area (Å²) in [7, 11) is 1.53. The Morgan fingerprint density at radius 3 is 2.82 bits per heavy atom. The highest BCUT2D eigenvalue weighted by Crippen LogP contribution is 2.28. The van der Waals surface area contributed by atoms with E-state index in [0.717, 1.165) is 10.6 Å². The Kier molecular flexibility index (Phi) is 4.28. The smallest absolute Gasteiger partial charge is 0.323 e. The number of aromatic nitrogens is 1. The maximum atomic E-state index is 12.8. The van der Waals surface area contributed by atoms with E-state index >= 15 is 0 Å². The summed E-state index contributed by atoms with van der Waals surface area (Å²) < 4.78 is 5.18. The Hall–Kier alpha value is -3.38. The van der Waals surface area contributed by atoms with Crippen LogP contribution in [0.3, 0.4) is 0 Å². The highest BCUT2D eigenvalue weighted by Gasteiger charge is 2.48. The van der Waals surface area contributed by atoms with Crippen LogP contribution >= 0.6 is 11.3 Å². The largest absolute Gasteiger partial charge is 0.497 e. The third-order valence-electron chi connectivity index (χ3n) is 4.59. The van der Waals surface area contributed by atoms with E-state index in [0.29, 0.717) is 23.6 Å². The van der Waals surface area contributed by atoms with E-state index in [-0.39, 0.29) is 12.5 Å². The second kappa shape index (κ2) is 6.65. The minimum Gasteiger partial charge on any atom is -0.497 e. The molecule has 1 saturated heterocycles. The fourth-order valence-corrected chi connectivity index (χ4v) is 3.75. The Morgan fingerprint density at radius 1 is 1.36 bits per heavy atom. The van der Waals surface area contributed by atoms with Crippen LogP contribution in [0.2, 0.25) is 0 Å². The van der Waals surface area contributed by atoms with Gasteiger partial charge in [-0.1, -0.05) is 12.0 Å². The lowest BCUT2D eigenvalue weighted by molar-refractivity contribution is -0.122. The van der Waals surface area contributed by atoms with E-state index in [4.69, 9.17) is 4.74 Å². The van der Waals surface area contributed by atoms with Crippen LogP contribution in [0.1, 0.15) is 26.6 Å². The number of methoxy groups -OCH3 is 1. The highest BCUT2D eigenvalue weighted by atomic mass is 32.1. The number of imide groups is 1. The third kappa shape index (κ3) is 3.08. The van der Waals surface area contributed by atoms with Crippen molar-refractivity contribution in [2.45, 2.75) is 19.0 Å². The lowest BCUT2D eigenvalue weighted by Crippen LogP contribution is -2.54. The van der Waals surface area contributed by atoms with Crippen LogP contribution in [-0.2, 0) is 11.3 Å². The Balaban J connectivity index is 1.64. The van der Waals surface area contributed by atoms with Gasteiger partial charge in [0.15, 0.2) is 0 Å². The van der Waals surface area contributed by atoms with Gasteiger partial charge in [0.2, 0.25) is 5.54 Å². The van der Waals surface area contributed by atoms with E-state index in [1.165, 1.54) is 23.3 Å². The highest BCUT2D eigenvalue weighted by molar-refractivity contribution is 7.09. The van der Waals surface area contributed by atoms with Crippen LogP contribution in [0.4, 0.5) is 4.79 Å². The molecular weight excluding hydrogens is 380 g/mol. The van der Waals surface area contributed by atoms with Crippen molar-refractivity contribution < 1.29 is 19.1 Å². The van der Waals surface area contributed by atoms with Gasteiger partial charge in [0.05, 0.1) is 18.7 Å². The zero-order valence-corrected chi connectivity index (χ0v) is 16.0. The number of thiazole rings is 1. The van der Waals surface area contributed by atoms with Gasteiger partial charge in [-0.25, -0.2) is 9.78 Å². The predicted molar refractivity (Wildman–Crippen MR) is 101 cm³/mol. The normalized spacial score (nSPS) is 20.4. The van der Waals surface area contributed by atoms with Gasteiger partial charge in [-0.2, -0.15) is 0 Å². The Morgan fingerprint density at radius 2 is 2.18 bits per heavy atom. The molecule has 142 valence electrons. The van der Waals surface area contributed by atoms with Crippen molar-refractivity contribution in [3.05, 3.63) is 45.4 Å². The number of ether oxygens (including phenoxy) is 1. The average Bonchev–Trinajstić information content (AvgIpc) is 3.30. The maximum Gasteiger partial charge on any atom is 0.323 e. The minimum atomic E-state index is -1.53. The molecule has 1 fully saturated rings. The number of nitrogens with one attached hydrogen (secondary N) is 2. The van der Waals surface area contributed by atoms with Crippen LogP contribution in [0.25, 0.3) is 0 Å². The van der Waals surface area contributed by atoms with Gasteiger partial charge in [-0.15, -0.1) is 11.3 Å². The molecule has 4 rings (SSSR count). The number of aryl methyl sites for hydroxylation is 1. The van der Waals surface area contributed by atoms with E-state index in [1.807, 2.05) is 13.0 Å². The molecule has 2 aromatic rings. The van der Waals surface area contributed by atoms with Crippen LogP contribution in [0, 0.1) is 18.8 Å². The van der Waals surface area contributed by atoms with Crippen LogP contribution < -0.4 is 15.4 Å². The summed E-state index contributed by atoms with van der Waals surface area (Å²) in [5, 5.41) is 7.40. The van der Waals surface area contributed by atoms with E-state index < -0.39 is 17.5 Å². The molecule has 0 spiro atoms. The zero-order valence-electron chi connectivity index (χ0n) is 15.2. The number of carbonyl (C=O) groups excluding carboxylic acids is 3. The van der Waals surface area contributed by atoms with Crippen molar-refractivity contribution in [3.63, 3.8) is 0 Å². The molecule has 1 aromatic heterocycles. The summed E-state index contributed by atoms with van der Waals surface area (Å²) >= 11 is 1.44. The van der Waals surface area contributed by atoms with Crippen molar-refractivity contribution in [3.8, 4) is 17.6 Å². The molecular formula is C19H16N4O4S. The first-order valence-electron chi connectivity index (χ1n) is 8.45. The molecule has 8 nitrogen and oxygen atoms in total. The summed E-state index contributed by atoms with van der Waals surface area (Å²) in [6.45, 7) is 2.10. The van der Waals surface area contributed by atoms with Crippen molar-refractivity contribution in [2.24, 2.45) is 0 Å². The van der Waals surface area contributed by atoms with Gasteiger partial charge in [-0.05, 0) is 30.5 Å². The summed E-state index contributed by atoms with van der Waals surface area (Å²) in [5.41, 5.74) is 0.323. The van der Waals surface area contributed by atoms with Crippen LogP contribution in [0.15, 0.2) is 23.6 Å². The molecule has 2 aliphatic rings. The monoisotopic (exact) mass is 396 g/mol.